The van der Waals surface area contributed by atoms with Crippen LogP contribution in [-0.4, -0.2) is 91.7 Å². The van der Waals surface area contributed by atoms with E-state index in [-0.39, 0.29) is 37.9 Å². The smallest absolute Gasteiger partial charge is 0.252 e. The number of carbonyl (C=O) groups excluding carboxylic acids is 4. The molecule has 1 aromatic heterocycles. The Morgan fingerprint density at radius 1 is 1.21 bits per heavy atom. The predicted octanol–water partition coefficient (Wildman–Crippen LogP) is -0.745. The number of rotatable bonds is 4. The zero-order valence-corrected chi connectivity index (χ0v) is 22.2. The first-order chi connectivity index (χ1) is 18.0. The van der Waals surface area contributed by atoms with E-state index in [1.165, 1.54) is 16.5 Å². The molecule has 13 nitrogen and oxygen atoms in total. The summed E-state index contributed by atoms with van der Waals surface area (Å²) in [6, 6.07) is 3.48. The van der Waals surface area contributed by atoms with Crippen LogP contribution in [0.15, 0.2) is 18.2 Å². The third-order valence-electron chi connectivity index (χ3n) is 6.43. The molecule has 0 radical (unpaired) electrons. The van der Waals surface area contributed by atoms with E-state index in [0.717, 1.165) is 11.1 Å². The molecule has 2 aromatic rings. The summed E-state index contributed by atoms with van der Waals surface area (Å²) >= 11 is 0. The molecule has 2 heterocycles. The van der Waals surface area contributed by atoms with Crippen LogP contribution in [0.3, 0.4) is 0 Å². The van der Waals surface area contributed by atoms with Gasteiger partial charge in [0.25, 0.3) is 5.91 Å². The number of hydrogen-bond donors (Lipinski definition) is 4. The summed E-state index contributed by atoms with van der Waals surface area (Å²) in [6.07, 6.45) is 0.150. The van der Waals surface area contributed by atoms with Crippen LogP contribution in [0.25, 0.3) is 0 Å². The lowest BCUT2D eigenvalue weighted by atomic mass is 10.00. The third-order valence-corrected chi connectivity index (χ3v) is 6.43. The van der Waals surface area contributed by atoms with Crippen molar-refractivity contribution in [1.82, 2.24) is 41.1 Å². The van der Waals surface area contributed by atoms with E-state index in [1.54, 1.807) is 26.0 Å². The minimum absolute atomic E-state index is 0.0486. The quantitative estimate of drug-likeness (QED) is 0.402. The van der Waals surface area contributed by atoms with Gasteiger partial charge in [-0.15, -0.1) is 5.10 Å². The zero-order valence-electron chi connectivity index (χ0n) is 22.2. The fourth-order valence-corrected chi connectivity index (χ4v) is 4.23. The number of aliphatic hydroxyl groups is 1. The van der Waals surface area contributed by atoms with E-state index >= 15 is 0 Å². The molecule has 0 aliphatic carbocycles. The summed E-state index contributed by atoms with van der Waals surface area (Å²) in [5.41, 5.74) is 2.32. The zero-order chi connectivity index (χ0) is 27.8. The molecule has 4 N–H and O–H groups in total. The highest BCUT2D eigenvalue weighted by Gasteiger charge is 2.28. The molecule has 0 unspecified atom stereocenters. The molecule has 3 rings (SSSR count). The highest BCUT2D eigenvalue weighted by Crippen LogP contribution is 2.14. The Morgan fingerprint density at radius 3 is 2.66 bits per heavy atom. The van der Waals surface area contributed by atoms with Crippen molar-refractivity contribution in [3.63, 3.8) is 0 Å². The summed E-state index contributed by atoms with van der Waals surface area (Å²) in [5.74, 6) is -1.14. The molecule has 0 saturated carbocycles. The van der Waals surface area contributed by atoms with Crippen LogP contribution in [0.5, 0.6) is 0 Å². The Kier molecular flexibility index (Phi) is 9.88. The molecule has 0 saturated heterocycles. The molecule has 1 aromatic carbocycles. The minimum Gasteiger partial charge on any atom is -0.391 e. The maximum Gasteiger partial charge on any atom is 0.252 e. The average Bonchev–Trinajstić information content (AvgIpc) is 3.27. The van der Waals surface area contributed by atoms with Gasteiger partial charge >= 0.3 is 0 Å². The minimum atomic E-state index is -1.21. The first kappa shape index (κ1) is 28.7. The second kappa shape index (κ2) is 13.1. The summed E-state index contributed by atoms with van der Waals surface area (Å²) < 4.78 is 1.50. The third kappa shape index (κ3) is 7.81. The molecule has 1 aliphatic rings. The van der Waals surface area contributed by atoms with Crippen molar-refractivity contribution in [3.05, 3.63) is 40.7 Å². The normalized spacial score (nSPS) is 20.7. The number of amides is 4. The van der Waals surface area contributed by atoms with Crippen molar-refractivity contribution in [2.75, 3.05) is 19.6 Å². The number of tetrazole rings is 1. The number of carbonyl (C=O) groups is 4. The number of fused-ring (bicyclic) bond motifs is 2. The SMILES string of the molecule is Cc1ccc2cc1CCCNC(=O)CN(C(=O)CCn1nnnc1C)C[C@@H](C)NC(=O)[C@H]([C@@H](C)O)NC2=O. The maximum absolute atomic E-state index is 13.1. The van der Waals surface area contributed by atoms with Gasteiger partial charge in [-0.05, 0) is 74.2 Å². The molecule has 13 heteroatoms. The highest BCUT2D eigenvalue weighted by atomic mass is 16.3. The number of aromatic nitrogens is 4. The van der Waals surface area contributed by atoms with Crippen molar-refractivity contribution in [1.29, 1.82) is 0 Å². The van der Waals surface area contributed by atoms with Gasteiger partial charge in [0.1, 0.15) is 11.9 Å². The Balaban J connectivity index is 1.80. The second-order valence-electron chi connectivity index (χ2n) is 9.67. The number of benzene rings is 1. The van der Waals surface area contributed by atoms with Gasteiger partial charge < -0.3 is 26.0 Å². The summed E-state index contributed by atoms with van der Waals surface area (Å²) in [4.78, 5) is 53.1. The van der Waals surface area contributed by atoms with Gasteiger partial charge in [0.05, 0.1) is 19.2 Å². The molecule has 4 amide bonds. The molecule has 206 valence electrons. The van der Waals surface area contributed by atoms with Crippen LogP contribution >= 0.6 is 0 Å². The van der Waals surface area contributed by atoms with Gasteiger partial charge in [-0.25, -0.2) is 4.68 Å². The Morgan fingerprint density at radius 2 is 1.97 bits per heavy atom. The van der Waals surface area contributed by atoms with E-state index in [4.69, 9.17) is 0 Å². The monoisotopic (exact) mass is 528 g/mol. The van der Waals surface area contributed by atoms with Crippen molar-refractivity contribution in [2.24, 2.45) is 0 Å². The maximum atomic E-state index is 13.1. The molecule has 0 spiro atoms. The van der Waals surface area contributed by atoms with Gasteiger partial charge in [0.2, 0.25) is 17.7 Å². The van der Waals surface area contributed by atoms with Crippen molar-refractivity contribution in [2.45, 2.75) is 71.7 Å². The van der Waals surface area contributed by atoms with E-state index in [1.807, 2.05) is 13.0 Å². The fourth-order valence-electron chi connectivity index (χ4n) is 4.23. The van der Waals surface area contributed by atoms with E-state index in [2.05, 4.69) is 31.5 Å². The second-order valence-corrected chi connectivity index (χ2v) is 9.67. The molecular weight excluding hydrogens is 492 g/mol. The number of hydrogen-bond acceptors (Lipinski definition) is 8. The Bertz CT molecular complexity index is 1160. The van der Waals surface area contributed by atoms with Crippen molar-refractivity contribution < 1.29 is 24.3 Å². The number of nitrogens with zero attached hydrogens (tertiary/aromatic N) is 5. The van der Waals surface area contributed by atoms with Gasteiger partial charge in [-0.2, -0.15) is 0 Å². The van der Waals surface area contributed by atoms with E-state index < -0.39 is 30.0 Å². The largest absolute Gasteiger partial charge is 0.391 e. The first-order valence-corrected chi connectivity index (χ1v) is 12.7. The van der Waals surface area contributed by atoms with Crippen LogP contribution in [0, 0.1) is 13.8 Å². The molecular formula is C25H36N8O5. The molecule has 0 fully saturated rings. The lowest BCUT2D eigenvalue weighted by molar-refractivity contribution is -0.137. The molecule has 1 aliphatic heterocycles. The molecule has 38 heavy (non-hydrogen) atoms. The number of aryl methyl sites for hydroxylation is 4. The fraction of sp³-hybridized carbons (Fsp3) is 0.560. The van der Waals surface area contributed by atoms with Crippen LogP contribution < -0.4 is 16.0 Å². The standard InChI is InChI=1S/C25H36N8O5/c1-15-7-8-20-12-19(15)6-5-10-26-21(35)14-32(22(36)9-11-33-18(4)29-30-31-33)13-16(2)27-25(38)23(17(3)34)28-24(20)37/h7-8,12,16-17,23,34H,5-6,9-11,13-14H2,1-4H3,(H,26,35)(H,27,38)(H,28,37)/t16-,17-,23+/m1/s1. The van der Waals surface area contributed by atoms with Crippen LogP contribution in [0.1, 0.15) is 54.0 Å². The summed E-state index contributed by atoms with van der Waals surface area (Å²) in [6.45, 7) is 7.26. The summed E-state index contributed by atoms with van der Waals surface area (Å²) in [7, 11) is 0. The highest BCUT2D eigenvalue weighted by molar-refractivity contribution is 5.98. The first-order valence-electron chi connectivity index (χ1n) is 12.7. The van der Waals surface area contributed by atoms with Crippen molar-refractivity contribution >= 4 is 23.6 Å². The van der Waals surface area contributed by atoms with Crippen LogP contribution in [0.2, 0.25) is 0 Å². The van der Waals surface area contributed by atoms with Crippen molar-refractivity contribution in [3.8, 4) is 0 Å². The van der Waals surface area contributed by atoms with Gasteiger partial charge in [-0.1, -0.05) is 6.07 Å². The van der Waals surface area contributed by atoms with Crippen LogP contribution in [0.4, 0.5) is 0 Å². The van der Waals surface area contributed by atoms with E-state index in [0.29, 0.717) is 30.8 Å². The van der Waals surface area contributed by atoms with Gasteiger partial charge in [0, 0.05) is 31.1 Å². The lowest BCUT2D eigenvalue weighted by Crippen LogP contribution is -2.56. The topological polar surface area (TPSA) is 171 Å². The number of nitrogens with one attached hydrogen (secondary N) is 3. The molecule has 3 atom stereocenters. The summed E-state index contributed by atoms with van der Waals surface area (Å²) in [5, 5.41) is 29.7. The lowest BCUT2D eigenvalue weighted by Gasteiger charge is -2.28. The van der Waals surface area contributed by atoms with E-state index in [9.17, 15) is 24.3 Å². The van der Waals surface area contributed by atoms with Gasteiger partial charge in [0.15, 0.2) is 0 Å². The van der Waals surface area contributed by atoms with Gasteiger partial charge in [-0.3, -0.25) is 19.2 Å². The Labute approximate surface area is 221 Å². The van der Waals surface area contributed by atoms with Crippen LogP contribution in [-0.2, 0) is 27.3 Å². The molecule has 2 bridgehead atoms. The Hall–Kier alpha value is -3.87. The number of aliphatic hydroxyl groups excluding tert-OH is 1. The predicted molar refractivity (Wildman–Crippen MR) is 137 cm³/mol. The average molecular weight is 529 g/mol.